The summed E-state index contributed by atoms with van der Waals surface area (Å²) >= 11 is 0. The van der Waals surface area contributed by atoms with Crippen molar-refractivity contribution in [1.82, 2.24) is 10.2 Å². The number of aliphatic hydroxyl groups excluding tert-OH is 1. The summed E-state index contributed by atoms with van der Waals surface area (Å²) in [6, 6.07) is 1.58. The lowest BCUT2D eigenvalue weighted by atomic mass is 9.99. The Hall–Kier alpha value is -1.76. The largest absolute Gasteiger partial charge is 0.396 e. The van der Waals surface area contributed by atoms with E-state index in [1.165, 1.54) is 0 Å². The van der Waals surface area contributed by atoms with Gasteiger partial charge in [-0.15, -0.1) is 0 Å². The fourth-order valence-corrected chi connectivity index (χ4v) is 2.58. The Morgan fingerprint density at radius 2 is 2.00 bits per heavy atom. The summed E-state index contributed by atoms with van der Waals surface area (Å²) in [6.07, 6.45) is 1.94. The lowest BCUT2D eigenvalue weighted by Crippen LogP contribution is -2.46. The van der Waals surface area contributed by atoms with E-state index in [-0.39, 0.29) is 37.1 Å². The number of halogens is 3. The molecule has 0 saturated carbocycles. The summed E-state index contributed by atoms with van der Waals surface area (Å²) < 4.78 is 39.0. The molecule has 0 aromatic heterocycles. The number of benzene rings is 1. The van der Waals surface area contributed by atoms with Crippen LogP contribution in [0.4, 0.5) is 18.0 Å². The third kappa shape index (κ3) is 4.13. The first kappa shape index (κ1) is 16.6. The molecular weight excluding hydrogens is 297 g/mol. The Morgan fingerprint density at radius 3 is 2.64 bits per heavy atom. The number of likely N-dealkylation sites (tertiary alicyclic amines) is 1. The maximum absolute atomic E-state index is 13.1. The summed E-state index contributed by atoms with van der Waals surface area (Å²) in [5, 5.41) is 11.8. The van der Waals surface area contributed by atoms with E-state index in [0.29, 0.717) is 13.1 Å². The van der Waals surface area contributed by atoms with E-state index in [2.05, 4.69) is 5.32 Å². The van der Waals surface area contributed by atoms with Crippen LogP contribution < -0.4 is 5.32 Å². The topological polar surface area (TPSA) is 52.6 Å². The highest BCUT2D eigenvalue weighted by molar-refractivity contribution is 5.74. The number of aliphatic hydroxyl groups is 1. The Balaban J connectivity index is 1.82. The van der Waals surface area contributed by atoms with Gasteiger partial charge in [-0.2, -0.15) is 0 Å². The number of hydrogen-bond donors (Lipinski definition) is 2. The SMILES string of the molecule is O=C(NCCc1cc(F)c(F)c(F)c1)N1CCC[C@H](CO)C1. The molecule has 22 heavy (non-hydrogen) atoms. The molecule has 0 aliphatic carbocycles. The lowest BCUT2D eigenvalue weighted by Gasteiger charge is -2.31. The highest BCUT2D eigenvalue weighted by Gasteiger charge is 2.22. The number of rotatable bonds is 4. The van der Waals surface area contributed by atoms with Crippen molar-refractivity contribution >= 4 is 6.03 Å². The van der Waals surface area contributed by atoms with Crippen LogP contribution in [0.15, 0.2) is 12.1 Å². The molecule has 1 aliphatic rings. The fraction of sp³-hybridized carbons (Fsp3) is 0.533. The molecule has 1 aliphatic heterocycles. The van der Waals surface area contributed by atoms with Crippen molar-refractivity contribution in [2.24, 2.45) is 5.92 Å². The van der Waals surface area contributed by atoms with Crippen molar-refractivity contribution in [2.45, 2.75) is 19.3 Å². The van der Waals surface area contributed by atoms with Crippen LogP contribution in [-0.4, -0.2) is 42.3 Å². The van der Waals surface area contributed by atoms with Crippen LogP contribution in [0, 0.1) is 23.4 Å². The molecule has 2 amide bonds. The van der Waals surface area contributed by atoms with E-state index in [1.54, 1.807) is 4.90 Å². The van der Waals surface area contributed by atoms with Gasteiger partial charge in [0.1, 0.15) is 0 Å². The maximum Gasteiger partial charge on any atom is 0.317 e. The molecule has 0 radical (unpaired) electrons. The predicted octanol–water partition coefficient (Wildman–Crippen LogP) is 2.06. The molecule has 0 bridgehead atoms. The van der Waals surface area contributed by atoms with E-state index in [0.717, 1.165) is 25.0 Å². The fourth-order valence-electron chi connectivity index (χ4n) is 2.58. The molecule has 1 saturated heterocycles. The average Bonchev–Trinajstić information content (AvgIpc) is 2.52. The van der Waals surface area contributed by atoms with Gasteiger partial charge in [-0.25, -0.2) is 18.0 Å². The van der Waals surface area contributed by atoms with Gasteiger partial charge in [0.2, 0.25) is 0 Å². The third-order valence-corrected chi connectivity index (χ3v) is 3.80. The highest BCUT2D eigenvalue weighted by Crippen LogP contribution is 2.16. The highest BCUT2D eigenvalue weighted by atomic mass is 19.2. The van der Waals surface area contributed by atoms with Crippen LogP contribution in [0.5, 0.6) is 0 Å². The Labute approximate surface area is 126 Å². The van der Waals surface area contributed by atoms with Crippen molar-refractivity contribution < 1.29 is 23.1 Å². The van der Waals surface area contributed by atoms with Crippen LogP contribution in [0.1, 0.15) is 18.4 Å². The monoisotopic (exact) mass is 316 g/mol. The van der Waals surface area contributed by atoms with Crippen molar-refractivity contribution in [2.75, 3.05) is 26.2 Å². The Kier molecular flexibility index (Phi) is 5.65. The van der Waals surface area contributed by atoms with Gasteiger partial charge >= 0.3 is 6.03 Å². The van der Waals surface area contributed by atoms with E-state index < -0.39 is 17.5 Å². The molecule has 7 heteroatoms. The number of piperidine rings is 1. The summed E-state index contributed by atoms with van der Waals surface area (Å²) in [7, 11) is 0. The maximum atomic E-state index is 13.1. The quantitative estimate of drug-likeness (QED) is 0.836. The number of nitrogens with one attached hydrogen (secondary N) is 1. The first-order chi connectivity index (χ1) is 10.5. The van der Waals surface area contributed by atoms with E-state index in [9.17, 15) is 18.0 Å². The molecule has 1 fully saturated rings. The molecule has 2 rings (SSSR count). The summed E-state index contributed by atoms with van der Waals surface area (Å²) in [5.74, 6) is -3.86. The smallest absolute Gasteiger partial charge is 0.317 e. The van der Waals surface area contributed by atoms with Gasteiger partial charge < -0.3 is 15.3 Å². The van der Waals surface area contributed by atoms with Crippen molar-refractivity contribution in [1.29, 1.82) is 0 Å². The Bertz CT molecular complexity index is 517. The van der Waals surface area contributed by atoms with Gasteiger partial charge in [0.25, 0.3) is 0 Å². The molecule has 1 heterocycles. The molecular formula is C15H19F3N2O2. The average molecular weight is 316 g/mol. The molecule has 1 atom stereocenters. The number of urea groups is 1. The minimum atomic E-state index is -1.49. The number of nitrogens with zero attached hydrogens (tertiary/aromatic N) is 1. The molecule has 122 valence electrons. The zero-order valence-electron chi connectivity index (χ0n) is 12.1. The van der Waals surface area contributed by atoms with Crippen LogP contribution >= 0.6 is 0 Å². The number of amides is 2. The number of carbonyl (C=O) groups is 1. The second kappa shape index (κ2) is 7.49. The Morgan fingerprint density at radius 1 is 1.32 bits per heavy atom. The molecule has 4 nitrogen and oxygen atoms in total. The van der Waals surface area contributed by atoms with Crippen LogP contribution in [0.2, 0.25) is 0 Å². The standard InChI is InChI=1S/C15H19F3N2O2/c16-12-6-10(7-13(17)14(12)18)3-4-19-15(22)20-5-1-2-11(8-20)9-21/h6-7,11,21H,1-5,8-9H2,(H,19,22)/t11-/m0/s1. The second-order valence-corrected chi connectivity index (χ2v) is 5.49. The van der Waals surface area contributed by atoms with E-state index >= 15 is 0 Å². The number of hydrogen-bond acceptors (Lipinski definition) is 2. The van der Waals surface area contributed by atoms with Crippen LogP contribution in [-0.2, 0) is 6.42 Å². The van der Waals surface area contributed by atoms with Gasteiger partial charge in [-0.1, -0.05) is 0 Å². The zero-order chi connectivity index (χ0) is 16.1. The summed E-state index contributed by atoms with van der Waals surface area (Å²) in [6.45, 7) is 1.38. The van der Waals surface area contributed by atoms with Crippen molar-refractivity contribution in [3.8, 4) is 0 Å². The third-order valence-electron chi connectivity index (χ3n) is 3.80. The molecule has 0 unspecified atom stereocenters. The molecule has 1 aromatic rings. The summed E-state index contributed by atoms with van der Waals surface area (Å²) in [4.78, 5) is 13.6. The molecule has 2 N–H and O–H groups in total. The first-order valence-corrected chi connectivity index (χ1v) is 7.28. The van der Waals surface area contributed by atoms with Crippen LogP contribution in [0.3, 0.4) is 0 Å². The lowest BCUT2D eigenvalue weighted by molar-refractivity contribution is 0.129. The normalized spacial score (nSPS) is 18.4. The number of carbonyl (C=O) groups excluding carboxylic acids is 1. The minimum absolute atomic E-state index is 0.0535. The first-order valence-electron chi connectivity index (χ1n) is 7.28. The summed E-state index contributed by atoms with van der Waals surface area (Å²) in [5.41, 5.74) is 0.281. The van der Waals surface area contributed by atoms with Gasteiger partial charge in [-0.05, 0) is 42.9 Å². The second-order valence-electron chi connectivity index (χ2n) is 5.49. The predicted molar refractivity (Wildman–Crippen MR) is 74.8 cm³/mol. The molecule has 1 aromatic carbocycles. The minimum Gasteiger partial charge on any atom is -0.396 e. The van der Waals surface area contributed by atoms with Gasteiger partial charge in [0.15, 0.2) is 17.5 Å². The van der Waals surface area contributed by atoms with Gasteiger partial charge in [-0.3, -0.25) is 0 Å². The van der Waals surface area contributed by atoms with Gasteiger partial charge in [0, 0.05) is 26.2 Å². The van der Waals surface area contributed by atoms with Crippen molar-refractivity contribution in [3.05, 3.63) is 35.1 Å². The van der Waals surface area contributed by atoms with Gasteiger partial charge in [0.05, 0.1) is 0 Å². The zero-order valence-corrected chi connectivity index (χ0v) is 12.1. The van der Waals surface area contributed by atoms with Crippen molar-refractivity contribution in [3.63, 3.8) is 0 Å². The van der Waals surface area contributed by atoms with E-state index in [1.807, 2.05) is 0 Å². The molecule has 0 spiro atoms. The van der Waals surface area contributed by atoms with Crippen LogP contribution in [0.25, 0.3) is 0 Å². The van der Waals surface area contributed by atoms with E-state index in [4.69, 9.17) is 5.11 Å².